The average molecular weight is 390 g/mol. The first-order valence-corrected chi connectivity index (χ1v) is 9.39. The first-order valence-electron chi connectivity index (χ1n) is 9.02. The number of nitrogens with two attached hydrogens (primary N) is 1. The normalized spacial score (nSPS) is 13.9. The number of nitrogens with zero attached hydrogens (tertiary/aromatic N) is 1. The van der Waals surface area contributed by atoms with Crippen LogP contribution in [0.5, 0.6) is 0 Å². The highest BCUT2D eigenvalue weighted by atomic mass is 35.5. The van der Waals surface area contributed by atoms with Crippen LogP contribution in [0.25, 0.3) is 0 Å². The van der Waals surface area contributed by atoms with Crippen LogP contribution in [0.3, 0.4) is 0 Å². The molecule has 146 valence electrons. The molecule has 1 aromatic carbocycles. The van der Waals surface area contributed by atoms with Gasteiger partial charge in [0.1, 0.15) is 0 Å². The van der Waals surface area contributed by atoms with E-state index in [1.54, 1.807) is 18.3 Å². The SMILES string of the molecule is Cc1ccc(Cl)c(C[C@@H](N)[C@@H](O)Cc2ncccc2C(=O)NC(C)(C)C)c1. The number of benzene rings is 1. The van der Waals surface area contributed by atoms with Crippen molar-refractivity contribution < 1.29 is 9.90 Å². The molecule has 0 radical (unpaired) electrons. The van der Waals surface area contributed by atoms with Gasteiger partial charge in [-0.05, 0) is 57.9 Å². The van der Waals surface area contributed by atoms with Crippen LogP contribution in [-0.2, 0) is 12.8 Å². The van der Waals surface area contributed by atoms with E-state index in [4.69, 9.17) is 17.3 Å². The van der Waals surface area contributed by atoms with Crippen molar-refractivity contribution in [3.05, 3.63) is 63.9 Å². The molecule has 27 heavy (non-hydrogen) atoms. The first kappa shape index (κ1) is 21.4. The topological polar surface area (TPSA) is 88.2 Å². The number of carbonyl (C=O) groups excluding carboxylic acids is 1. The summed E-state index contributed by atoms with van der Waals surface area (Å²) >= 11 is 6.23. The number of pyridine rings is 1. The molecule has 2 rings (SSSR count). The van der Waals surface area contributed by atoms with E-state index in [1.165, 1.54) is 0 Å². The molecule has 4 N–H and O–H groups in total. The van der Waals surface area contributed by atoms with Crippen LogP contribution >= 0.6 is 11.6 Å². The minimum atomic E-state index is -0.849. The molecule has 0 saturated heterocycles. The van der Waals surface area contributed by atoms with Crippen molar-refractivity contribution in [2.75, 3.05) is 0 Å². The summed E-state index contributed by atoms with van der Waals surface area (Å²) in [6.07, 6.45) is 1.40. The van der Waals surface area contributed by atoms with E-state index < -0.39 is 12.1 Å². The molecule has 0 unspecified atom stereocenters. The van der Waals surface area contributed by atoms with Crippen LogP contribution in [0.4, 0.5) is 0 Å². The third kappa shape index (κ3) is 6.31. The molecule has 0 bridgehead atoms. The summed E-state index contributed by atoms with van der Waals surface area (Å²) < 4.78 is 0. The van der Waals surface area contributed by atoms with Crippen molar-refractivity contribution >= 4 is 17.5 Å². The smallest absolute Gasteiger partial charge is 0.253 e. The van der Waals surface area contributed by atoms with Gasteiger partial charge in [0.2, 0.25) is 0 Å². The van der Waals surface area contributed by atoms with E-state index in [-0.39, 0.29) is 17.9 Å². The predicted octanol–water partition coefficient (Wildman–Crippen LogP) is 3.05. The van der Waals surface area contributed by atoms with Gasteiger partial charge in [-0.3, -0.25) is 9.78 Å². The lowest BCUT2D eigenvalue weighted by Crippen LogP contribution is -2.42. The third-order valence-electron chi connectivity index (χ3n) is 4.18. The molecular weight excluding hydrogens is 362 g/mol. The van der Waals surface area contributed by atoms with Gasteiger partial charge >= 0.3 is 0 Å². The maximum absolute atomic E-state index is 12.5. The number of hydrogen-bond acceptors (Lipinski definition) is 4. The van der Waals surface area contributed by atoms with Crippen molar-refractivity contribution in [2.45, 2.75) is 58.2 Å². The molecule has 0 aliphatic rings. The Hall–Kier alpha value is -1.95. The van der Waals surface area contributed by atoms with E-state index in [2.05, 4.69) is 10.3 Å². The van der Waals surface area contributed by atoms with Crippen molar-refractivity contribution in [2.24, 2.45) is 5.73 Å². The van der Waals surface area contributed by atoms with Crippen LogP contribution in [0.15, 0.2) is 36.5 Å². The molecule has 2 atom stereocenters. The lowest BCUT2D eigenvalue weighted by atomic mass is 9.96. The van der Waals surface area contributed by atoms with Crippen molar-refractivity contribution in [3.63, 3.8) is 0 Å². The molecule has 0 aliphatic carbocycles. The Morgan fingerprint density at radius 1 is 1.30 bits per heavy atom. The van der Waals surface area contributed by atoms with Gasteiger partial charge in [-0.1, -0.05) is 29.3 Å². The molecule has 6 heteroatoms. The van der Waals surface area contributed by atoms with Gasteiger partial charge in [0.05, 0.1) is 17.4 Å². The molecule has 0 spiro atoms. The molecule has 0 saturated carbocycles. The highest BCUT2D eigenvalue weighted by molar-refractivity contribution is 6.31. The Labute approximate surface area is 166 Å². The Balaban J connectivity index is 2.12. The molecule has 5 nitrogen and oxygen atoms in total. The quantitative estimate of drug-likeness (QED) is 0.708. The summed E-state index contributed by atoms with van der Waals surface area (Å²) in [6, 6.07) is 8.63. The summed E-state index contributed by atoms with van der Waals surface area (Å²) in [5.74, 6) is -0.215. The average Bonchev–Trinajstić information content (AvgIpc) is 2.57. The number of hydrogen-bond donors (Lipinski definition) is 3. The van der Waals surface area contributed by atoms with E-state index in [1.807, 2.05) is 45.9 Å². The van der Waals surface area contributed by atoms with Crippen LogP contribution in [0.2, 0.25) is 5.02 Å². The van der Waals surface area contributed by atoms with E-state index in [0.717, 1.165) is 11.1 Å². The zero-order valence-corrected chi connectivity index (χ0v) is 17.0. The lowest BCUT2D eigenvalue weighted by Gasteiger charge is -2.23. The van der Waals surface area contributed by atoms with Gasteiger partial charge in [0.15, 0.2) is 0 Å². The number of aliphatic hydroxyl groups is 1. The van der Waals surface area contributed by atoms with Gasteiger partial charge in [0, 0.05) is 29.2 Å². The van der Waals surface area contributed by atoms with Gasteiger partial charge in [-0.15, -0.1) is 0 Å². The summed E-state index contributed by atoms with van der Waals surface area (Å²) in [5, 5.41) is 14.1. The predicted molar refractivity (Wildman–Crippen MR) is 109 cm³/mol. The number of aromatic nitrogens is 1. The minimum absolute atomic E-state index is 0.193. The Morgan fingerprint density at radius 2 is 2.00 bits per heavy atom. The number of amides is 1. The van der Waals surface area contributed by atoms with E-state index in [9.17, 15) is 9.90 Å². The number of carbonyl (C=O) groups is 1. The van der Waals surface area contributed by atoms with E-state index >= 15 is 0 Å². The fraction of sp³-hybridized carbons (Fsp3) is 0.429. The Bertz CT molecular complexity index is 802. The van der Waals surface area contributed by atoms with Crippen molar-refractivity contribution in [1.29, 1.82) is 0 Å². The summed E-state index contributed by atoms with van der Waals surface area (Å²) in [6.45, 7) is 7.72. The number of nitrogens with one attached hydrogen (secondary N) is 1. The largest absolute Gasteiger partial charge is 0.391 e. The zero-order valence-electron chi connectivity index (χ0n) is 16.3. The third-order valence-corrected chi connectivity index (χ3v) is 4.55. The fourth-order valence-corrected chi connectivity index (χ4v) is 3.01. The maximum Gasteiger partial charge on any atom is 0.253 e. The second-order valence-corrected chi connectivity index (χ2v) is 8.34. The monoisotopic (exact) mass is 389 g/mol. The number of aliphatic hydroxyl groups excluding tert-OH is 1. The highest BCUT2D eigenvalue weighted by Gasteiger charge is 2.23. The summed E-state index contributed by atoms with van der Waals surface area (Å²) in [5.41, 5.74) is 8.81. The van der Waals surface area contributed by atoms with Gasteiger partial charge < -0.3 is 16.2 Å². The molecule has 0 aliphatic heterocycles. The Kier molecular flexibility index (Phi) is 6.98. The van der Waals surface area contributed by atoms with Gasteiger partial charge in [-0.2, -0.15) is 0 Å². The van der Waals surface area contributed by atoms with E-state index in [0.29, 0.717) is 22.7 Å². The van der Waals surface area contributed by atoms with Crippen molar-refractivity contribution in [1.82, 2.24) is 10.3 Å². The molecule has 2 aromatic rings. The second-order valence-electron chi connectivity index (χ2n) is 7.94. The maximum atomic E-state index is 12.5. The zero-order chi connectivity index (χ0) is 20.2. The Morgan fingerprint density at radius 3 is 2.67 bits per heavy atom. The van der Waals surface area contributed by atoms with Crippen LogP contribution in [-0.4, -0.2) is 33.7 Å². The number of halogens is 1. The minimum Gasteiger partial charge on any atom is -0.391 e. The standard InChI is InChI=1S/C21H28ClN3O2/c1-13-7-8-16(22)14(10-13)11-17(23)19(26)12-18-15(6-5-9-24-18)20(27)25-21(2,3)4/h5-10,17,19,26H,11-12,23H2,1-4H3,(H,25,27)/t17-,19+/m1/s1. The molecule has 0 fully saturated rings. The fourth-order valence-electron chi connectivity index (χ4n) is 2.81. The highest BCUT2D eigenvalue weighted by Crippen LogP contribution is 2.20. The number of aryl methyl sites for hydroxylation is 1. The molecule has 1 amide bonds. The first-order chi connectivity index (χ1) is 12.6. The molecular formula is C21H28ClN3O2. The summed E-state index contributed by atoms with van der Waals surface area (Å²) in [7, 11) is 0. The van der Waals surface area contributed by atoms with Crippen LogP contribution in [0.1, 0.15) is 48.0 Å². The van der Waals surface area contributed by atoms with Crippen LogP contribution < -0.4 is 11.1 Å². The van der Waals surface area contributed by atoms with Gasteiger partial charge in [0.25, 0.3) is 5.91 Å². The molecule has 1 heterocycles. The van der Waals surface area contributed by atoms with Crippen LogP contribution in [0, 0.1) is 6.92 Å². The number of rotatable bonds is 6. The van der Waals surface area contributed by atoms with Crippen molar-refractivity contribution in [3.8, 4) is 0 Å². The van der Waals surface area contributed by atoms with Gasteiger partial charge in [-0.25, -0.2) is 0 Å². The second kappa shape index (κ2) is 8.83. The lowest BCUT2D eigenvalue weighted by molar-refractivity contribution is 0.0916. The summed E-state index contributed by atoms with van der Waals surface area (Å²) in [4.78, 5) is 16.8. The molecule has 1 aromatic heterocycles.